The van der Waals surface area contributed by atoms with Crippen molar-refractivity contribution >= 4 is 39.9 Å². The van der Waals surface area contributed by atoms with Crippen molar-refractivity contribution in [1.82, 2.24) is 34.9 Å². The van der Waals surface area contributed by atoms with Crippen LogP contribution in [0.15, 0.2) is 65.7 Å². The zero-order valence-corrected chi connectivity index (χ0v) is 29.5. The molecule has 8 rings (SSSR count). The second-order valence-electron chi connectivity index (χ2n) is 13.7. The van der Waals surface area contributed by atoms with Crippen molar-refractivity contribution in [3.8, 4) is 28.3 Å². The molecule has 0 radical (unpaired) electrons. The van der Waals surface area contributed by atoms with Crippen molar-refractivity contribution in [2.24, 2.45) is 7.05 Å². The van der Waals surface area contributed by atoms with Crippen LogP contribution < -0.4 is 20.9 Å². The zero-order chi connectivity index (χ0) is 35.4. The minimum absolute atomic E-state index is 0.0459. The smallest absolute Gasteiger partial charge is 0.318 e. The van der Waals surface area contributed by atoms with E-state index in [1.54, 1.807) is 37.5 Å². The van der Waals surface area contributed by atoms with Crippen LogP contribution in [0.1, 0.15) is 35.6 Å². The lowest BCUT2D eigenvalue weighted by Crippen LogP contribution is -2.46. The molecule has 51 heavy (non-hydrogen) atoms. The number of nitrogens with one attached hydrogen (secondary N) is 2. The third-order valence-corrected chi connectivity index (χ3v) is 11.1. The summed E-state index contributed by atoms with van der Waals surface area (Å²) in [4.78, 5) is 39.2. The molecule has 3 N–H and O–H groups in total. The van der Waals surface area contributed by atoms with Crippen LogP contribution in [0.25, 0.3) is 33.2 Å². The maximum absolute atomic E-state index is 13.0. The van der Waals surface area contributed by atoms with E-state index in [1.807, 2.05) is 43.3 Å². The number of amides is 2. The largest absolute Gasteiger partial charge is 0.481 e. The number of pyridine rings is 2. The topological polar surface area (TPSA) is 138 Å². The van der Waals surface area contributed by atoms with Crippen LogP contribution in [0.3, 0.4) is 0 Å². The molecular formula is C38H39ClN8O4. The number of carbonyl (C=O) groups excluding carboxylic acids is 1. The summed E-state index contributed by atoms with van der Waals surface area (Å²) in [5.74, 6) is 1.06. The summed E-state index contributed by atoms with van der Waals surface area (Å²) >= 11 is 7.25. The maximum atomic E-state index is 13.0. The number of β-amino-alcohol motifs (C(OH)–C–C–N with tert-alkyl or cyclic N) is 1. The Morgan fingerprint density at radius 1 is 1.12 bits per heavy atom. The van der Waals surface area contributed by atoms with Gasteiger partial charge in [-0.3, -0.25) is 9.69 Å². The summed E-state index contributed by atoms with van der Waals surface area (Å²) < 4.78 is 7.26. The number of benzene rings is 2. The van der Waals surface area contributed by atoms with E-state index in [2.05, 4.69) is 31.7 Å². The van der Waals surface area contributed by atoms with Gasteiger partial charge >= 0.3 is 6.03 Å². The van der Waals surface area contributed by atoms with Gasteiger partial charge in [0.05, 0.1) is 41.6 Å². The number of carbonyl (C=O) groups is 1. The number of aliphatic hydroxyl groups excluding tert-OH is 1. The highest BCUT2D eigenvalue weighted by molar-refractivity contribution is 6.36. The summed E-state index contributed by atoms with van der Waals surface area (Å²) in [6.45, 7) is 4.51. The number of aryl methyl sites for hydroxylation is 2. The second-order valence-corrected chi connectivity index (χ2v) is 14.1. The number of halogens is 1. The maximum Gasteiger partial charge on any atom is 0.318 e. The molecule has 13 heteroatoms. The van der Waals surface area contributed by atoms with Gasteiger partial charge in [-0.1, -0.05) is 41.9 Å². The number of methoxy groups -OCH3 is 1. The molecule has 1 aliphatic carbocycles. The molecule has 5 aromatic rings. The van der Waals surface area contributed by atoms with E-state index in [4.69, 9.17) is 21.3 Å². The average Bonchev–Trinajstić information content (AvgIpc) is 3.83. The fourth-order valence-electron chi connectivity index (χ4n) is 8.12. The number of urea groups is 1. The Kier molecular flexibility index (Phi) is 8.40. The first-order valence-electron chi connectivity index (χ1n) is 17.2. The number of aliphatic hydroxyl groups is 1. The van der Waals surface area contributed by atoms with E-state index >= 15 is 0 Å². The van der Waals surface area contributed by atoms with Gasteiger partial charge in [-0.05, 0) is 61.1 Å². The Morgan fingerprint density at radius 3 is 2.75 bits per heavy atom. The first-order chi connectivity index (χ1) is 24.7. The van der Waals surface area contributed by atoms with Crippen LogP contribution in [0.4, 0.5) is 16.3 Å². The normalized spacial score (nSPS) is 20.0. The van der Waals surface area contributed by atoms with Crippen molar-refractivity contribution < 1.29 is 14.6 Å². The minimum atomic E-state index is -0.311. The molecule has 3 aliphatic rings. The minimum Gasteiger partial charge on any atom is -0.481 e. The lowest BCUT2D eigenvalue weighted by atomic mass is 9.96. The highest BCUT2D eigenvalue weighted by atomic mass is 35.5. The van der Waals surface area contributed by atoms with Crippen LogP contribution in [0.5, 0.6) is 5.88 Å². The van der Waals surface area contributed by atoms with Crippen LogP contribution in [-0.4, -0.2) is 86.1 Å². The Labute approximate surface area is 300 Å². The van der Waals surface area contributed by atoms with Gasteiger partial charge < -0.3 is 25.4 Å². The number of fused-ring (bicyclic) bond motifs is 2. The zero-order valence-electron chi connectivity index (χ0n) is 28.7. The molecule has 3 aromatic heterocycles. The van der Waals surface area contributed by atoms with E-state index in [0.29, 0.717) is 40.6 Å². The highest BCUT2D eigenvalue weighted by Gasteiger charge is 2.49. The van der Waals surface area contributed by atoms with Crippen LogP contribution in [-0.2, 0) is 13.5 Å². The van der Waals surface area contributed by atoms with Gasteiger partial charge in [0.1, 0.15) is 5.82 Å². The summed E-state index contributed by atoms with van der Waals surface area (Å²) in [7, 11) is 3.28. The molecule has 2 fully saturated rings. The standard InChI is InChI=1S/C38H39ClN8O4/c1-22-25(6-5-9-28(22)42-34-32-24(12-14-40-34)19-41-45(2)36(32)49)26-7-4-8-27(33(26)39)29-18-23-10-11-30(31(23)35(43-29)51-3)46-15-13-38(20-46)21-47(16-17-48)37(50)44-38/h4-9,12,14,18-19,30,48H,10-11,13,15-17,20-21H2,1-3H3,(H,40,42)(H,44,50)/t30-,38+/m1/s1. The van der Waals surface area contributed by atoms with Gasteiger partial charge in [0.2, 0.25) is 5.88 Å². The molecule has 0 bridgehead atoms. The molecule has 5 heterocycles. The van der Waals surface area contributed by atoms with Gasteiger partial charge in [0, 0.05) is 73.2 Å². The Balaban J connectivity index is 1.09. The van der Waals surface area contributed by atoms with Gasteiger partial charge in [0.25, 0.3) is 5.56 Å². The third-order valence-electron chi connectivity index (χ3n) is 10.7. The number of likely N-dealkylation sites (tertiary alicyclic amines) is 1. The second kappa shape index (κ2) is 12.9. The van der Waals surface area contributed by atoms with E-state index in [-0.39, 0.29) is 29.8 Å². The fourth-order valence-corrected chi connectivity index (χ4v) is 8.45. The van der Waals surface area contributed by atoms with Gasteiger partial charge in [-0.2, -0.15) is 5.10 Å². The first kappa shape index (κ1) is 33.1. The predicted molar refractivity (Wildman–Crippen MR) is 197 cm³/mol. The number of hydrogen-bond acceptors (Lipinski definition) is 9. The fraction of sp³-hybridized carbons (Fsp3) is 0.342. The van der Waals surface area contributed by atoms with E-state index in [9.17, 15) is 14.7 Å². The molecule has 2 atom stereocenters. The summed E-state index contributed by atoms with van der Waals surface area (Å²) in [5.41, 5.74) is 6.85. The van der Waals surface area contributed by atoms with Crippen LogP contribution >= 0.6 is 11.6 Å². The van der Waals surface area contributed by atoms with Crippen molar-refractivity contribution in [3.05, 3.63) is 93.0 Å². The third kappa shape index (κ3) is 5.67. The quantitative estimate of drug-likeness (QED) is 0.198. The Hall–Kier alpha value is -5.04. The van der Waals surface area contributed by atoms with Crippen molar-refractivity contribution in [3.63, 3.8) is 0 Å². The van der Waals surface area contributed by atoms with E-state index in [1.165, 1.54) is 10.2 Å². The number of rotatable bonds is 8. The monoisotopic (exact) mass is 706 g/mol. The molecule has 1 spiro atoms. The van der Waals surface area contributed by atoms with Gasteiger partial charge in [0.15, 0.2) is 0 Å². The highest BCUT2D eigenvalue weighted by Crippen LogP contribution is 2.46. The number of aromatic nitrogens is 4. The van der Waals surface area contributed by atoms with Crippen molar-refractivity contribution in [2.75, 3.05) is 45.2 Å². The van der Waals surface area contributed by atoms with Gasteiger partial charge in [-0.15, -0.1) is 0 Å². The lowest BCUT2D eigenvalue weighted by Gasteiger charge is -2.28. The first-order valence-corrected chi connectivity index (χ1v) is 17.5. The number of hydrogen-bond donors (Lipinski definition) is 3. The Morgan fingerprint density at radius 2 is 1.92 bits per heavy atom. The molecule has 2 amide bonds. The van der Waals surface area contributed by atoms with E-state index < -0.39 is 0 Å². The SMILES string of the molecule is COc1nc(-c2cccc(-c3cccc(Nc4nccc5cnn(C)c(=O)c45)c3C)c2Cl)cc2c1[C@H](N1CC[C@@]3(CN(CCO)C(=O)N3)C1)CC2. The molecule has 0 unspecified atom stereocenters. The molecule has 2 saturated heterocycles. The van der Waals surface area contributed by atoms with Crippen molar-refractivity contribution in [1.29, 1.82) is 0 Å². The molecular weight excluding hydrogens is 668 g/mol. The van der Waals surface area contributed by atoms with Crippen molar-refractivity contribution in [2.45, 2.75) is 37.8 Å². The summed E-state index contributed by atoms with van der Waals surface area (Å²) in [6.07, 6.45) is 5.99. The predicted octanol–water partition coefficient (Wildman–Crippen LogP) is 5.22. The molecule has 2 aliphatic heterocycles. The number of nitrogens with zero attached hydrogens (tertiary/aromatic N) is 6. The van der Waals surface area contributed by atoms with Gasteiger partial charge in [-0.25, -0.2) is 19.4 Å². The Bertz CT molecular complexity index is 2260. The molecule has 2 aromatic carbocycles. The van der Waals surface area contributed by atoms with Crippen LogP contribution in [0.2, 0.25) is 5.02 Å². The lowest BCUT2D eigenvalue weighted by molar-refractivity contribution is 0.193. The average molecular weight is 707 g/mol. The molecule has 0 saturated carbocycles. The summed E-state index contributed by atoms with van der Waals surface area (Å²) in [5, 5.41) is 21.9. The number of ether oxygens (including phenoxy) is 1. The number of anilines is 2. The van der Waals surface area contributed by atoms with Crippen LogP contribution in [0, 0.1) is 6.92 Å². The molecule has 262 valence electrons. The molecule has 12 nitrogen and oxygen atoms in total. The summed E-state index contributed by atoms with van der Waals surface area (Å²) in [6, 6.07) is 15.9. The van der Waals surface area contributed by atoms with E-state index in [0.717, 1.165) is 71.6 Å².